The molecule has 0 saturated heterocycles. The number of rotatable bonds is 4. The summed E-state index contributed by atoms with van der Waals surface area (Å²) in [6.07, 6.45) is -1.62. The number of hydrogen-bond donors (Lipinski definition) is 1. The van der Waals surface area contributed by atoms with Gasteiger partial charge in [0, 0.05) is 22.9 Å². The molecule has 0 saturated carbocycles. The molecular formula is C10H5F3IN5O2S2. The van der Waals surface area contributed by atoms with Gasteiger partial charge in [-0.25, -0.2) is 26.6 Å². The van der Waals surface area contributed by atoms with E-state index in [2.05, 4.69) is 15.2 Å². The quantitative estimate of drug-likeness (QED) is 0.463. The SMILES string of the molecule is O=S(=O)(NI)c1cc(F)c2ncn(-c3nnc(C(F)F)s3)c2c1. The molecule has 3 aromatic rings. The minimum absolute atomic E-state index is 0.0270. The van der Waals surface area contributed by atoms with E-state index in [0.29, 0.717) is 11.3 Å². The molecule has 0 amide bonds. The van der Waals surface area contributed by atoms with Gasteiger partial charge in [-0.1, -0.05) is 11.3 Å². The van der Waals surface area contributed by atoms with Crippen molar-refractivity contribution in [3.05, 3.63) is 29.3 Å². The van der Waals surface area contributed by atoms with E-state index >= 15 is 0 Å². The summed E-state index contributed by atoms with van der Waals surface area (Å²) in [7, 11) is -3.89. The molecule has 1 N–H and O–H groups in total. The highest BCUT2D eigenvalue weighted by atomic mass is 127. The Hall–Kier alpha value is -1.32. The van der Waals surface area contributed by atoms with Crippen molar-refractivity contribution in [3.63, 3.8) is 0 Å². The molecule has 2 heterocycles. The molecule has 7 nitrogen and oxygen atoms in total. The lowest BCUT2D eigenvalue weighted by atomic mass is 10.3. The van der Waals surface area contributed by atoms with Crippen LogP contribution in [0.25, 0.3) is 16.2 Å². The molecule has 23 heavy (non-hydrogen) atoms. The predicted octanol–water partition coefficient (Wildman–Crippen LogP) is 2.58. The summed E-state index contributed by atoms with van der Waals surface area (Å²) >= 11 is 2.01. The molecule has 0 radical (unpaired) electrons. The van der Waals surface area contributed by atoms with Crippen LogP contribution in [0.4, 0.5) is 13.2 Å². The summed E-state index contributed by atoms with van der Waals surface area (Å²) in [5.74, 6) is -0.856. The van der Waals surface area contributed by atoms with Crippen LogP contribution in [0.1, 0.15) is 11.4 Å². The topological polar surface area (TPSA) is 89.8 Å². The van der Waals surface area contributed by atoms with Crippen LogP contribution >= 0.6 is 34.2 Å². The fraction of sp³-hybridized carbons (Fsp3) is 0.100. The zero-order valence-corrected chi connectivity index (χ0v) is 14.5. The second-order valence-corrected chi connectivity index (χ2v) is 8.13. The summed E-state index contributed by atoms with van der Waals surface area (Å²) in [4.78, 5) is 3.50. The van der Waals surface area contributed by atoms with E-state index in [4.69, 9.17) is 0 Å². The van der Waals surface area contributed by atoms with Gasteiger partial charge < -0.3 is 0 Å². The Morgan fingerprint density at radius 3 is 2.65 bits per heavy atom. The molecule has 0 unspecified atom stereocenters. The Morgan fingerprint density at radius 2 is 2.04 bits per heavy atom. The van der Waals surface area contributed by atoms with Gasteiger partial charge in [0.2, 0.25) is 15.2 Å². The van der Waals surface area contributed by atoms with Crippen molar-refractivity contribution in [2.75, 3.05) is 0 Å². The molecule has 0 bridgehead atoms. The van der Waals surface area contributed by atoms with E-state index in [0.717, 1.165) is 12.4 Å². The molecule has 2 aromatic heterocycles. The van der Waals surface area contributed by atoms with Crippen LogP contribution < -0.4 is 2.94 Å². The summed E-state index contributed by atoms with van der Waals surface area (Å²) in [6, 6.07) is 2.00. The molecular weight excluding hydrogens is 470 g/mol. The van der Waals surface area contributed by atoms with E-state index in [-0.39, 0.29) is 21.1 Å². The van der Waals surface area contributed by atoms with Gasteiger partial charge in [-0.05, 0) is 12.1 Å². The van der Waals surface area contributed by atoms with Crippen molar-refractivity contribution < 1.29 is 21.6 Å². The first-order chi connectivity index (χ1) is 10.8. The monoisotopic (exact) mass is 475 g/mol. The Bertz CT molecular complexity index is 988. The average molecular weight is 475 g/mol. The van der Waals surface area contributed by atoms with Crippen LogP contribution in [0, 0.1) is 5.82 Å². The molecule has 0 aliphatic rings. The van der Waals surface area contributed by atoms with Crippen LogP contribution in [0.3, 0.4) is 0 Å². The molecule has 122 valence electrons. The minimum atomic E-state index is -3.89. The molecule has 13 heteroatoms. The summed E-state index contributed by atoms with van der Waals surface area (Å²) in [6.45, 7) is 0. The second kappa shape index (κ2) is 5.95. The highest BCUT2D eigenvalue weighted by Crippen LogP contribution is 2.28. The number of halogens is 4. The van der Waals surface area contributed by atoms with Gasteiger partial charge in [0.05, 0.1) is 10.4 Å². The van der Waals surface area contributed by atoms with E-state index < -0.39 is 27.3 Å². The van der Waals surface area contributed by atoms with Crippen molar-refractivity contribution in [2.45, 2.75) is 11.3 Å². The lowest BCUT2D eigenvalue weighted by molar-refractivity contribution is 0.150. The Labute approximate surface area is 145 Å². The average Bonchev–Trinajstić information content (AvgIpc) is 3.13. The molecule has 0 aliphatic heterocycles. The maximum atomic E-state index is 14.1. The maximum absolute atomic E-state index is 14.1. The van der Waals surface area contributed by atoms with Crippen LogP contribution in [0.2, 0.25) is 0 Å². The number of nitrogens with zero attached hydrogens (tertiary/aromatic N) is 4. The van der Waals surface area contributed by atoms with Crippen molar-refractivity contribution in [3.8, 4) is 5.13 Å². The Morgan fingerprint density at radius 1 is 1.30 bits per heavy atom. The molecule has 0 spiro atoms. The first-order valence-corrected chi connectivity index (χ1v) is 9.12. The van der Waals surface area contributed by atoms with Crippen molar-refractivity contribution in [2.24, 2.45) is 0 Å². The van der Waals surface area contributed by atoms with Gasteiger partial charge in [0.1, 0.15) is 11.8 Å². The smallest absolute Gasteiger partial charge is 0.273 e. The Balaban J connectivity index is 2.22. The van der Waals surface area contributed by atoms with E-state index in [9.17, 15) is 21.6 Å². The number of aromatic nitrogens is 4. The van der Waals surface area contributed by atoms with Crippen molar-refractivity contribution >= 4 is 55.3 Å². The predicted molar refractivity (Wildman–Crippen MR) is 83.8 cm³/mol. The standard InChI is InChI=1S/C10H5F3IN5O2S2/c11-5-1-4(23(20,21)18-14)2-6-7(5)15-3-19(6)10-17-16-9(22-10)8(12)13/h1-3,8,18H. The van der Waals surface area contributed by atoms with E-state index in [1.807, 2.05) is 2.94 Å². The number of hydrogen-bond acceptors (Lipinski definition) is 6. The molecule has 0 aliphatic carbocycles. The first kappa shape index (κ1) is 16.5. The molecule has 0 fully saturated rings. The third kappa shape index (κ3) is 2.92. The zero-order chi connectivity index (χ0) is 16.8. The van der Waals surface area contributed by atoms with Gasteiger partial charge in [-0.2, -0.15) is 2.94 Å². The lowest BCUT2D eigenvalue weighted by Crippen LogP contribution is -2.13. The highest BCUT2D eigenvalue weighted by molar-refractivity contribution is 14.1. The Kier molecular flexibility index (Phi) is 4.28. The summed E-state index contributed by atoms with van der Waals surface area (Å²) < 4.78 is 66.1. The van der Waals surface area contributed by atoms with Crippen molar-refractivity contribution in [1.82, 2.24) is 22.7 Å². The highest BCUT2D eigenvalue weighted by Gasteiger charge is 2.21. The van der Waals surface area contributed by atoms with Crippen LogP contribution in [-0.2, 0) is 10.0 Å². The van der Waals surface area contributed by atoms with Gasteiger partial charge in [0.15, 0.2) is 10.8 Å². The summed E-state index contributed by atoms with van der Waals surface area (Å²) in [5.41, 5.74) is -0.0293. The van der Waals surface area contributed by atoms with Crippen LogP contribution in [0.5, 0.6) is 0 Å². The fourth-order valence-electron chi connectivity index (χ4n) is 1.81. The number of alkyl halides is 2. The third-order valence-electron chi connectivity index (χ3n) is 2.81. The van der Waals surface area contributed by atoms with Gasteiger partial charge in [-0.15, -0.1) is 10.2 Å². The van der Waals surface area contributed by atoms with Crippen LogP contribution in [0.15, 0.2) is 23.4 Å². The number of sulfonamides is 1. The maximum Gasteiger partial charge on any atom is 0.291 e. The van der Waals surface area contributed by atoms with E-state index in [1.54, 1.807) is 0 Å². The van der Waals surface area contributed by atoms with Gasteiger partial charge in [-0.3, -0.25) is 4.57 Å². The second-order valence-electron chi connectivity index (χ2n) is 4.19. The van der Waals surface area contributed by atoms with Crippen LogP contribution in [-0.4, -0.2) is 28.2 Å². The van der Waals surface area contributed by atoms with Gasteiger partial charge >= 0.3 is 0 Å². The normalized spacial score (nSPS) is 12.4. The third-order valence-corrected chi connectivity index (χ3v) is 6.54. The van der Waals surface area contributed by atoms with Crippen molar-refractivity contribution in [1.29, 1.82) is 0 Å². The number of fused-ring (bicyclic) bond motifs is 1. The molecule has 0 atom stereocenters. The van der Waals surface area contributed by atoms with Gasteiger partial charge in [0.25, 0.3) is 6.43 Å². The number of nitrogens with one attached hydrogen (secondary N) is 1. The fourth-order valence-corrected chi connectivity index (χ4v) is 3.87. The zero-order valence-electron chi connectivity index (χ0n) is 10.7. The molecule has 3 rings (SSSR count). The van der Waals surface area contributed by atoms with E-state index in [1.165, 1.54) is 33.5 Å². The first-order valence-electron chi connectivity index (χ1n) is 5.74. The number of imidazole rings is 1. The summed E-state index contributed by atoms with van der Waals surface area (Å²) in [5, 5.41) is 6.45. The molecule has 1 aromatic carbocycles. The lowest BCUT2D eigenvalue weighted by Gasteiger charge is -2.04. The largest absolute Gasteiger partial charge is 0.291 e. The number of benzene rings is 1. The minimum Gasteiger partial charge on any atom is -0.273 e.